The summed E-state index contributed by atoms with van der Waals surface area (Å²) < 4.78 is 5.41. The number of likely N-dealkylation sites (tertiary alicyclic amines) is 1. The fourth-order valence-electron chi connectivity index (χ4n) is 3.26. The zero-order valence-electron chi connectivity index (χ0n) is 12.7. The summed E-state index contributed by atoms with van der Waals surface area (Å²) in [5.74, 6) is 0.277. The normalized spacial score (nSPS) is 23.1. The molecule has 2 rings (SSSR count). The summed E-state index contributed by atoms with van der Waals surface area (Å²) in [4.78, 5) is 16.7. The highest BCUT2D eigenvalue weighted by Gasteiger charge is 2.27. The Morgan fingerprint density at radius 2 is 1.95 bits per heavy atom. The van der Waals surface area contributed by atoms with Crippen LogP contribution in [0.25, 0.3) is 0 Å². The van der Waals surface area contributed by atoms with Crippen molar-refractivity contribution in [1.29, 1.82) is 0 Å². The van der Waals surface area contributed by atoms with Crippen molar-refractivity contribution in [2.45, 2.75) is 50.6 Å². The highest BCUT2D eigenvalue weighted by atomic mass is 16.5. The quantitative estimate of drug-likeness (QED) is 0.812. The maximum absolute atomic E-state index is 12.4. The Morgan fingerprint density at radius 1 is 1.30 bits per heavy atom. The monoisotopic (exact) mass is 283 g/mol. The van der Waals surface area contributed by atoms with Crippen LogP contribution in [0.3, 0.4) is 0 Å². The van der Waals surface area contributed by atoms with Crippen molar-refractivity contribution in [3.63, 3.8) is 0 Å². The van der Waals surface area contributed by atoms with Crippen molar-refractivity contribution in [2.75, 3.05) is 39.9 Å². The molecule has 2 heterocycles. The van der Waals surface area contributed by atoms with Crippen molar-refractivity contribution < 1.29 is 9.53 Å². The summed E-state index contributed by atoms with van der Waals surface area (Å²) in [6.07, 6.45) is 6.20. The standard InChI is InChI=1S/C15H29N3O2/c1-17(13-5-9-20-10-6-13)14(12-16)11-15(19)18-7-3-2-4-8-18/h13-14H,2-12,16H2,1H3. The average Bonchev–Trinajstić information content (AvgIpc) is 2.53. The second-order valence-electron chi connectivity index (χ2n) is 6.04. The van der Waals surface area contributed by atoms with E-state index in [-0.39, 0.29) is 11.9 Å². The molecule has 5 nitrogen and oxygen atoms in total. The smallest absolute Gasteiger partial charge is 0.224 e. The zero-order chi connectivity index (χ0) is 14.4. The number of ether oxygens (including phenoxy) is 1. The van der Waals surface area contributed by atoms with E-state index in [9.17, 15) is 4.79 Å². The van der Waals surface area contributed by atoms with Crippen molar-refractivity contribution in [3.05, 3.63) is 0 Å². The van der Waals surface area contributed by atoms with Gasteiger partial charge in [-0.25, -0.2) is 0 Å². The molecule has 20 heavy (non-hydrogen) atoms. The van der Waals surface area contributed by atoms with Gasteiger partial charge in [0.1, 0.15) is 0 Å². The van der Waals surface area contributed by atoms with Crippen molar-refractivity contribution in [2.24, 2.45) is 5.73 Å². The van der Waals surface area contributed by atoms with Crippen LogP contribution in [-0.4, -0.2) is 67.7 Å². The summed E-state index contributed by atoms with van der Waals surface area (Å²) in [5.41, 5.74) is 5.91. The van der Waals surface area contributed by atoms with Gasteiger partial charge in [0.2, 0.25) is 5.91 Å². The SMILES string of the molecule is CN(C1CCOCC1)C(CN)CC(=O)N1CCCCC1. The third-order valence-corrected chi connectivity index (χ3v) is 4.73. The number of hydrogen-bond acceptors (Lipinski definition) is 4. The van der Waals surface area contributed by atoms with Gasteiger partial charge in [0.25, 0.3) is 0 Å². The summed E-state index contributed by atoms with van der Waals surface area (Å²) in [6.45, 7) is 4.06. The summed E-state index contributed by atoms with van der Waals surface area (Å²) in [7, 11) is 2.11. The zero-order valence-corrected chi connectivity index (χ0v) is 12.7. The van der Waals surface area contributed by atoms with Crippen LogP contribution in [0.5, 0.6) is 0 Å². The first kappa shape index (κ1) is 15.7. The number of piperidine rings is 1. The van der Waals surface area contributed by atoms with Crippen LogP contribution in [0.4, 0.5) is 0 Å². The second-order valence-corrected chi connectivity index (χ2v) is 6.04. The van der Waals surface area contributed by atoms with E-state index in [0.717, 1.165) is 52.0 Å². The number of nitrogens with zero attached hydrogens (tertiary/aromatic N) is 2. The van der Waals surface area contributed by atoms with E-state index >= 15 is 0 Å². The number of carbonyl (C=O) groups excluding carboxylic acids is 1. The average molecular weight is 283 g/mol. The summed E-state index contributed by atoms with van der Waals surface area (Å²) in [5, 5.41) is 0. The van der Waals surface area contributed by atoms with Gasteiger partial charge >= 0.3 is 0 Å². The van der Waals surface area contributed by atoms with E-state index in [0.29, 0.717) is 19.0 Å². The Labute approximate surface area is 122 Å². The predicted octanol–water partition coefficient (Wildman–Crippen LogP) is 0.827. The van der Waals surface area contributed by atoms with Gasteiger partial charge in [-0.1, -0.05) is 0 Å². The van der Waals surface area contributed by atoms with E-state index in [1.807, 2.05) is 4.90 Å². The van der Waals surface area contributed by atoms with Crippen molar-refractivity contribution >= 4 is 5.91 Å². The first-order valence-electron chi connectivity index (χ1n) is 8.00. The molecule has 116 valence electrons. The van der Waals surface area contributed by atoms with Crippen LogP contribution in [0, 0.1) is 0 Å². The van der Waals surface area contributed by atoms with Gasteiger partial charge < -0.3 is 15.4 Å². The third kappa shape index (κ3) is 4.17. The first-order valence-corrected chi connectivity index (χ1v) is 8.00. The molecule has 2 saturated heterocycles. The molecule has 1 unspecified atom stereocenters. The molecule has 0 radical (unpaired) electrons. The molecule has 0 spiro atoms. The van der Waals surface area contributed by atoms with Gasteiger partial charge in [-0.2, -0.15) is 0 Å². The van der Waals surface area contributed by atoms with E-state index in [4.69, 9.17) is 10.5 Å². The summed E-state index contributed by atoms with van der Waals surface area (Å²) >= 11 is 0. The fourth-order valence-corrected chi connectivity index (χ4v) is 3.26. The molecule has 0 bridgehead atoms. The lowest BCUT2D eigenvalue weighted by molar-refractivity contribution is -0.133. The minimum Gasteiger partial charge on any atom is -0.381 e. The van der Waals surface area contributed by atoms with Gasteiger partial charge in [0, 0.05) is 51.4 Å². The van der Waals surface area contributed by atoms with Gasteiger partial charge in [0.05, 0.1) is 0 Å². The number of rotatable bonds is 5. The fraction of sp³-hybridized carbons (Fsp3) is 0.933. The predicted molar refractivity (Wildman–Crippen MR) is 79.5 cm³/mol. The molecular weight excluding hydrogens is 254 g/mol. The van der Waals surface area contributed by atoms with Gasteiger partial charge in [-0.3, -0.25) is 9.69 Å². The van der Waals surface area contributed by atoms with Crippen LogP contribution in [0.15, 0.2) is 0 Å². The Bertz CT molecular complexity index is 299. The van der Waals surface area contributed by atoms with E-state index in [1.165, 1.54) is 6.42 Å². The molecule has 0 saturated carbocycles. The summed E-state index contributed by atoms with van der Waals surface area (Å²) in [6, 6.07) is 0.666. The first-order chi connectivity index (χ1) is 9.72. The lowest BCUT2D eigenvalue weighted by atomic mass is 10.0. The largest absolute Gasteiger partial charge is 0.381 e. The number of nitrogens with two attached hydrogens (primary N) is 1. The number of carbonyl (C=O) groups is 1. The molecule has 5 heteroatoms. The second kappa shape index (κ2) is 7.96. The molecule has 0 aromatic heterocycles. The molecule has 0 aromatic rings. The van der Waals surface area contributed by atoms with Crippen LogP contribution in [0.2, 0.25) is 0 Å². The lowest BCUT2D eigenvalue weighted by Crippen LogP contribution is -2.49. The lowest BCUT2D eigenvalue weighted by Gasteiger charge is -2.37. The van der Waals surface area contributed by atoms with E-state index in [2.05, 4.69) is 11.9 Å². The van der Waals surface area contributed by atoms with E-state index in [1.54, 1.807) is 0 Å². The van der Waals surface area contributed by atoms with Crippen LogP contribution in [0.1, 0.15) is 38.5 Å². The van der Waals surface area contributed by atoms with Gasteiger partial charge in [-0.15, -0.1) is 0 Å². The molecule has 1 amide bonds. The van der Waals surface area contributed by atoms with Crippen LogP contribution >= 0.6 is 0 Å². The Morgan fingerprint density at radius 3 is 2.55 bits per heavy atom. The Hall–Kier alpha value is -0.650. The number of hydrogen-bond donors (Lipinski definition) is 1. The van der Waals surface area contributed by atoms with Crippen molar-refractivity contribution in [1.82, 2.24) is 9.80 Å². The van der Waals surface area contributed by atoms with Crippen LogP contribution in [-0.2, 0) is 9.53 Å². The maximum atomic E-state index is 12.4. The molecule has 0 aromatic carbocycles. The molecule has 0 aliphatic carbocycles. The number of amides is 1. The van der Waals surface area contributed by atoms with Gasteiger partial charge in [0.15, 0.2) is 0 Å². The molecule has 2 aliphatic rings. The third-order valence-electron chi connectivity index (χ3n) is 4.73. The minimum atomic E-state index is 0.160. The molecule has 2 N–H and O–H groups in total. The molecule has 1 atom stereocenters. The maximum Gasteiger partial charge on any atom is 0.224 e. The topological polar surface area (TPSA) is 58.8 Å². The minimum absolute atomic E-state index is 0.160. The van der Waals surface area contributed by atoms with Crippen LogP contribution < -0.4 is 5.73 Å². The Balaban J connectivity index is 1.84. The van der Waals surface area contributed by atoms with Gasteiger partial charge in [-0.05, 0) is 39.2 Å². The highest BCUT2D eigenvalue weighted by Crippen LogP contribution is 2.18. The molecule has 2 aliphatic heterocycles. The molecular formula is C15H29N3O2. The Kier molecular flexibility index (Phi) is 6.26. The molecule has 2 fully saturated rings. The van der Waals surface area contributed by atoms with Crippen molar-refractivity contribution in [3.8, 4) is 0 Å². The highest BCUT2D eigenvalue weighted by molar-refractivity contribution is 5.77. The number of likely N-dealkylation sites (N-methyl/N-ethyl adjacent to an activating group) is 1. The van der Waals surface area contributed by atoms with E-state index < -0.39 is 0 Å².